The first-order valence-electron chi connectivity index (χ1n) is 5.48. The highest BCUT2D eigenvalue weighted by Gasteiger charge is 2.19. The molecule has 2 aromatic rings. The minimum absolute atomic E-state index is 0.621. The van der Waals surface area contributed by atoms with Gasteiger partial charge in [-0.1, -0.05) is 0 Å². The molecule has 0 aliphatic carbocycles. The van der Waals surface area contributed by atoms with E-state index in [1.54, 1.807) is 11.3 Å². The van der Waals surface area contributed by atoms with Crippen LogP contribution >= 0.6 is 23.1 Å². The molecule has 1 N–H and O–H groups in total. The van der Waals surface area contributed by atoms with Crippen LogP contribution in [0.25, 0.3) is 10.2 Å². The van der Waals surface area contributed by atoms with E-state index in [4.69, 9.17) is 4.74 Å². The van der Waals surface area contributed by atoms with Crippen molar-refractivity contribution in [3.63, 3.8) is 0 Å². The molecule has 4 nitrogen and oxygen atoms in total. The Labute approximate surface area is 108 Å². The van der Waals surface area contributed by atoms with Gasteiger partial charge < -0.3 is 10.1 Å². The van der Waals surface area contributed by atoms with Crippen molar-refractivity contribution in [2.75, 3.05) is 25.6 Å². The number of fused-ring (bicyclic) bond motifs is 1. The van der Waals surface area contributed by atoms with Crippen LogP contribution in [-0.2, 0) is 10.5 Å². The second-order valence-electron chi connectivity index (χ2n) is 3.85. The smallest absolute Gasteiger partial charge is 0.142 e. The predicted molar refractivity (Wildman–Crippen MR) is 72.9 cm³/mol. The Kier molecular flexibility index (Phi) is 3.17. The molecule has 17 heavy (non-hydrogen) atoms. The van der Waals surface area contributed by atoms with E-state index in [0.717, 1.165) is 40.8 Å². The average Bonchev–Trinajstić information content (AvgIpc) is 2.73. The van der Waals surface area contributed by atoms with Crippen molar-refractivity contribution < 1.29 is 4.74 Å². The maximum absolute atomic E-state index is 5.15. The van der Waals surface area contributed by atoms with E-state index in [-0.39, 0.29) is 0 Å². The third-order valence-corrected chi connectivity index (χ3v) is 4.64. The topological polar surface area (TPSA) is 47.0 Å². The normalized spacial score (nSPS) is 16.1. The number of hydrogen-bond acceptors (Lipinski definition) is 6. The predicted octanol–water partition coefficient (Wildman–Crippen LogP) is 2.37. The third kappa shape index (κ3) is 2.25. The molecule has 0 bridgehead atoms. The minimum Gasteiger partial charge on any atom is -0.379 e. The molecule has 2 aromatic heterocycles. The van der Waals surface area contributed by atoms with Crippen LogP contribution in [0.4, 0.5) is 5.82 Å². The number of thiophene rings is 1. The highest BCUT2D eigenvalue weighted by atomic mass is 32.2. The van der Waals surface area contributed by atoms with Crippen molar-refractivity contribution in [3.8, 4) is 0 Å². The molecule has 0 unspecified atom stereocenters. The Morgan fingerprint density at radius 3 is 3.12 bits per heavy atom. The molecule has 6 heteroatoms. The highest BCUT2D eigenvalue weighted by Crippen LogP contribution is 2.27. The molecular weight excluding hydrogens is 254 g/mol. The summed E-state index contributed by atoms with van der Waals surface area (Å²) < 4.78 is 5.15. The Hall–Kier alpha value is -0.850. The van der Waals surface area contributed by atoms with E-state index in [9.17, 15) is 0 Å². The van der Waals surface area contributed by atoms with Gasteiger partial charge in [0.15, 0.2) is 0 Å². The first kappa shape index (κ1) is 11.3. The molecule has 3 heterocycles. The molecule has 3 rings (SSSR count). The number of aromatic nitrogens is 2. The van der Waals surface area contributed by atoms with Gasteiger partial charge in [0.2, 0.25) is 0 Å². The van der Waals surface area contributed by atoms with Crippen LogP contribution in [-0.4, -0.2) is 35.5 Å². The zero-order valence-electron chi connectivity index (χ0n) is 9.47. The highest BCUT2D eigenvalue weighted by molar-refractivity contribution is 7.99. The van der Waals surface area contributed by atoms with Gasteiger partial charge in [0.05, 0.1) is 29.6 Å². The lowest BCUT2D eigenvalue weighted by Gasteiger charge is -2.24. The van der Waals surface area contributed by atoms with E-state index in [0.29, 0.717) is 5.25 Å². The summed E-state index contributed by atoms with van der Waals surface area (Å²) in [6.07, 6.45) is 0. The molecule has 1 aliphatic rings. The number of anilines is 1. The van der Waals surface area contributed by atoms with Crippen LogP contribution in [0, 0.1) is 0 Å². The molecule has 1 aliphatic heterocycles. The van der Waals surface area contributed by atoms with Crippen LogP contribution in [0.15, 0.2) is 11.4 Å². The number of hydrogen-bond donors (Lipinski definition) is 1. The fourth-order valence-electron chi connectivity index (χ4n) is 1.66. The van der Waals surface area contributed by atoms with Crippen LogP contribution in [0.1, 0.15) is 5.82 Å². The van der Waals surface area contributed by atoms with Gasteiger partial charge in [0.1, 0.15) is 16.5 Å². The maximum Gasteiger partial charge on any atom is 0.142 e. The SMILES string of the molecule is CNc1nc(CSC2COC2)nc2sccc12. The van der Waals surface area contributed by atoms with Crippen LogP contribution in [0.3, 0.4) is 0 Å². The van der Waals surface area contributed by atoms with E-state index in [1.165, 1.54) is 0 Å². The summed E-state index contributed by atoms with van der Waals surface area (Å²) in [4.78, 5) is 10.2. The largest absolute Gasteiger partial charge is 0.379 e. The molecule has 1 saturated heterocycles. The van der Waals surface area contributed by atoms with E-state index >= 15 is 0 Å². The number of nitrogens with zero attached hydrogens (tertiary/aromatic N) is 2. The second kappa shape index (κ2) is 4.80. The fraction of sp³-hybridized carbons (Fsp3) is 0.455. The van der Waals surface area contributed by atoms with E-state index in [1.807, 2.05) is 18.8 Å². The van der Waals surface area contributed by atoms with Crippen molar-refractivity contribution in [3.05, 3.63) is 17.3 Å². The standard InChI is InChI=1S/C11H13N3OS2/c1-12-10-8-2-3-16-11(8)14-9(13-10)6-17-7-4-15-5-7/h2-3,7H,4-6H2,1H3,(H,12,13,14). The third-order valence-electron chi connectivity index (χ3n) is 2.66. The van der Waals surface area contributed by atoms with Gasteiger partial charge in [-0.15, -0.1) is 23.1 Å². The van der Waals surface area contributed by atoms with Crippen molar-refractivity contribution in [2.45, 2.75) is 11.0 Å². The Morgan fingerprint density at radius 2 is 2.41 bits per heavy atom. The molecular formula is C11H13N3OS2. The monoisotopic (exact) mass is 267 g/mol. The quantitative estimate of drug-likeness (QED) is 0.921. The van der Waals surface area contributed by atoms with Gasteiger partial charge in [-0.25, -0.2) is 9.97 Å². The summed E-state index contributed by atoms with van der Waals surface area (Å²) in [5.74, 6) is 2.69. The number of nitrogens with one attached hydrogen (secondary N) is 1. The summed E-state index contributed by atoms with van der Waals surface area (Å²) in [5.41, 5.74) is 0. The number of ether oxygens (including phenoxy) is 1. The van der Waals surface area contributed by atoms with Crippen molar-refractivity contribution >= 4 is 39.1 Å². The molecule has 90 valence electrons. The summed E-state index contributed by atoms with van der Waals surface area (Å²) in [6.45, 7) is 1.73. The van der Waals surface area contributed by atoms with Gasteiger partial charge in [-0.2, -0.15) is 0 Å². The Morgan fingerprint density at radius 1 is 1.53 bits per heavy atom. The molecule has 0 atom stereocenters. The van der Waals surface area contributed by atoms with Crippen molar-refractivity contribution in [1.29, 1.82) is 0 Å². The number of thioether (sulfide) groups is 1. The minimum atomic E-state index is 0.621. The van der Waals surface area contributed by atoms with Gasteiger partial charge >= 0.3 is 0 Å². The lowest BCUT2D eigenvalue weighted by Crippen LogP contribution is -2.30. The summed E-state index contributed by atoms with van der Waals surface area (Å²) in [5, 5.41) is 6.92. The van der Waals surface area contributed by atoms with E-state index in [2.05, 4.69) is 26.7 Å². The molecule has 0 spiro atoms. The van der Waals surface area contributed by atoms with Gasteiger partial charge in [-0.05, 0) is 11.4 Å². The summed E-state index contributed by atoms with van der Waals surface area (Å²) in [6, 6.07) is 2.06. The molecule has 1 fully saturated rings. The van der Waals surface area contributed by atoms with Crippen molar-refractivity contribution in [1.82, 2.24) is 9.97 Å². The van der Waals surface area contributed by atoms with Crippen molar-refractivity contribution in [2.24, 2.45) is 0 Å². The molecule has 0 amide bonds. The van der Waals surface area contributed by atoms with Gasteiger partial charge in [-0.3, -0.25) is 0 Å². The lowest BCUT2D eigenvalue weighted by molar-refractivity contribution is 0.0455. The first-order chi connectivity index (χ1) is 8.36. The first-order valence-corrected chi connectivity index (χ1v) is 7.41. The Balaban J connectivity index is 1.82. The van der Waals surface area contributed by atoms with Crippen LogP contribution < -0.4 is 5.32 Å². The summed E-state index contributed by atoms with van der Waals surface area (Å²) >= 11 is 3.53. The van der Waals surface area contributed by atoms with Crippen LogP contribution in [0.5, 0.6) is 0 Å². The molecule has 0 aromatic carbocycles. The fourth-order valence-corrected chi connectivity index (χ4v) is 3.34. The van der Waals surface area contributed by atoms with Gasteiger partial charge in [0.25, 0.3) is 0 Å². The maximum atomic E-state index is 5.15. The van der Waals surface area contributed by atoms with Gasteiger partial charge in [0, 0.05) is 7.05 Å². The molecule has 0 saturated carbocycles. The second-order valence-corrected chi connectivity index (χ2v) is 6.03. The lowest BCUT2D eigenvalue weighted by atomic mass is 10.4. The zero-order valence-corrected chi connectivity index (χ0v) is 11.1. The summed E-state index contributed by atoms with van der Waals surface area (Å²) in [7, 11) is 1.90. The molecule has 0 radical (unpaired) electrons. The Bertz CT molecular complexity index is 524. The number of rotatable bonds is 4. The van der Waals surface area contributed by atoms with Crippen LogP contribution in [0.2, 0.25) is 0 Å². The average molecular weight is 267 g/mol. The zero-order chi connectivity index (χ0) is 11.7. The van der Waals surface area contributed by atoms with E-state index < -0.39 is 0 Å².